The maximum atomic E-state index is 12.2. The maximum absolute atomic E-state index is 12.2. The predicted molar refractivity (Wildman–Crippen MR) is 87.3 cm³/mol. The molecule has 0 heterocycles. The Morgan fingerprint density at radius 3 is 2.36 bits per heavy atom. The number of nitrogen functional groups attached to an aromatic ring is 1. The Balaban J connectivity index is 2.32. The van der Waals surface area contributed by atoms with E-state index in [0.29, 0.717) is 27.0 Å². The molecule has 0 bridgehead atoms. The first kappa shape index (κ1) is 16.5. The molecule has 0 aliphatic heterocycles. The van der Waals surface area contributed by atoms with Crippen LogP contribution in [0.5, 0.6) is 5.75 Å². The number of hydrogen-bond donors (Lipinski definition) is 1. The van der Waals surface area contributed by atoms with E-state index in [1.54, 1.807) is 49.4 Å². The molecule has 0 aliphatic rings. The highest BCUT2D eigenvalue weighted by Crippen LogP contribution is 2.30. The minimum absolute atomic E-state index is 0.252. The number of rotatable bonds is 5. The van der Waals surface area contributed by atoms with Crippen LogP contribution in [0.15, 0.2) is 42.5 Å². The zero-order valence-electron chi connectivity index (χ0n) is 11.9. The third-order valence-corrected chi connectivity index (χ3v) is 3.38. The second-order valence-corrected chi connectivity index (χ2v) is 5.36. The fourth-order valence-electron chi connectivity index (χ4n) is 1.86. The zero-order valence-corrected chi connectivity index (χ0v) is 13.4. The largest absolute Gasteiger partial charge is 0.472 e. The Kier molecular flexibility index (Phi) is 5.52. The van der Waals surface area contributed by atoms with Gasteiger partial charge in [-0.25, -0.2) is 4.79 Å². The van der Waals surface area contributed by atoms with Crippen LogP contribution in [0, 0.1) is 0 Å². The van der Waals surface area contributed by atoms with Gasteiger partial charge in [-0.15, -0.1) is 0 Å². The fraction of sp³-hybridized carbons (Fsp3) is 0.188. The first-order chi connectivity index (χ1) is 10.5. The van der Waals surface area contributed by atoms with E-state index in [-0.39, 0.29) is 6.61 Å². The van der Waals surface area contributed by atoms with E-state index in [2.05, 4.69) is 0 Å². The van der Waals surface area contributed by atoms with E-state index in [9.17, 15) is 4.79 Å². The van der Waals surface area contributed by atoms with Gasteiger partial charge >= 0.3 is 5.97 Å². The molecule has 1 unspecified atom stereocenters. The lowest BCUT2D eigenvalue weighted by atomic mass is 10.1. The lowest BCUT2D eigenvalue weighted by Crippen LogP contribution is -2.21. The van der Waals surface area contributed by atoms with Gasteiger partial charge in [0.1, 0.15) is 5.75 Å². The molecule has 22 heavy (non-hydrogen) atoms. The van der Waals surface area contributed by atoms with E-state index in [0.717, 1.165) is 0 Å². The number of benzene rings is 2. The van der Waals surface area contributed by atoms with Gasteiger partial charge in [-0.1, -0.05) is 35.3 Å². The van der Waals surface area contributed by atoms with Crippen LogP contribution in [0.1, 0.15) is 18.6 Å². The van der Waals surface area contributed by atoms with E-state index in [4.69, 9.17) is 38.4 Å². The van der Waals surface area contributed by atoms with Gasteiger partial charge in [0.05, 0.1) is 12.3 Å². The van der Waals surface area contributed by atoms with Crippen molar-refractivity contribution in [1.82, 2.24) is 0 Å². The molecule has 0 fully saturated rings. The van der Waals surface area contributed by atoms with Crippen molar-refractivity contribution >= 4 is 34.9 Å². The van der Waals surface area contributed by atoms with Gasteiger partial charge in [-0.3, -0.25) is 0 Å². The number of anilines is 1. The first-order valence-electron chi connectivity index (χ1n) is 6.65. The Bertz CT molecular complexity index is 659. The van der Waals surface area contributed by atoms with Crippen LogP contribution in [0.4, 0.5) is 5.69 Å². The molecule has 6 heteroatoms. The van der Waals surface area contributed by atoms with Crippen molar-refractivity contribution in [3.05, 3.63) is 58.1 Å². The lowest BCUT2D eigenvalue weighted by molar-refractivity contribution is -0.151. The molecule has 116 valence electrons. The molecule has 2 aromatic rings. The average molecular weight is 340 g/mol. The summed E-state index contributed by atoms with van der Waals surface area (Å²) in [5, 5.41) is 1.06. The van der Waals surface area contributed by atoms with Gasteiger partial charge < -0.3 is 15.2 Å². The summed E-state index contributed by atoms with van der Waals surface area (Å²) in [6.45, 7) is 1.98. The first-order valence-corrected chi connectivity index (χ1v) is 7.40. The Morgan fingerprint density at radius 2 is 1.77 bits per heavy atom. The van der Waals surface area contributed by atoms with Crippen LogP contribution in [0.3, 0.4) is 0 Å². The SMILES string of the molecule is CCOC(=O)C(Oc1ccc(Cl)cc1N)c1ccc(Cl)cc1. The Labute approximate surface area is 138 Å². The van der Waals surface area contributed by atoms with Crippen LogP contribution in [0.2, 0.25) is 10.0 Å². The summed E-state index contributed by atoms with van der Waals surface area (Å²) < 4.78 is 10.8. The Hall–Kier alpha value is -1.91. The summed E-state index contributed by atoms with van der Waals surface area (Å²) in [7, 11) is 0. The molecule has 0 aromatic heterocycles. The molecule has 4 nitrogen and oxygen atoms in total. The van der Waals surface area contributed by atoms with Crippen molar-refractivity contribution in [3.8, 4) is 5.75 Å². The summed E-state index contributed by atoms with van der Waals surface area (Å²) in [5.74, 6) is -0.142. The molecule has 2 aromatic carbocycles. The van der Waals surface area contributed by atoms with Crippen molar-refractivity contribution in [2.75, 3.05) is 12.3 Å². The predicted octanol–water partition coefficient (Wildman–Crippen LogP) is 4.26. The number of nitrogens with two attached hydrogens (primary N) is 1. The number of carbonyl (C=O) groups is 1. The van der Waals surface area contributed by atoms with Crippen LogP contribution in [0.25, 0.3) is 0 Å². The highest BCUT2D eigenvalue weighted by molar-refractivity contribution is 6.31. The molecule has 2 rings (SSSR count). The highest BCUT2D eigenvalue weighted by Gasteiger charge is 2.25. The quantitative estimate of drug-likeness (QED) is 0.653. The molecule has 1 atom stereocenters. The number of halogens is 2. The smallest absolute Gasteiger partial charge is 0.352 e. The fourth-order valence-corrected chi connectivity index (χ4v) is 2.17. The van der Waals surface area contributed by atoms with Crippen LogP contribution in [-0.4, -0.2) is 12.6 Å². The van der Waals surface area contributed by atoms with Gasteiger partial charge in [0.25, 0.3) is 0 Å². The number of carbonyl (C=O) groups excluding carboxylic acids is 1. The van der Waals surface area contributed by atoms with E-state index in [1.807, 2.05) is 0 Å². The van der Waals surface area contributed by atoms with Crippen molar-refractivity contribution in [2.45, 2.75) is 13.0 Å². The standard InChI is InChI=1S/C16H15Cl2NO3/c1-2-21-16(20)15(10-3-5-11(17)6-4-10)22-14-8-7-12(18)9-13(14)19/h3-9,15H,2,19H2,1H3. The second-order valence-electron chi connectivity index (χ2n) is 4.48. The molecule has 0 aliphatic carbocycles. The van der Waals surface area contributed by atoms with Crippen LogP contribution in [-0.2, 0) is 9.53 Å². The second kappa shape index (κ2) is 7.38. The normalized spacial score (nSPS) is 11.8. The monoisotopic (exact) mass is 339 g/mol. The third kappa shape index (κ3) is 4.06. The minimum atomic E-state index is -0.930. The third-order valence-electron chi connectivity index (χ3n) is 2.89. The van der Waals surface area contributed by atoms with E-state index >= 15 is 0 Å². The van der Waals surface area contributed by atoms with E-state index in [1.165, 1.54) is 0 Å². The Morgan fingerprint density at radius 1 is 1.14 bits per heavy atom. The molecule has 0 radical (unpaired) electrons. The van der Waals surface area contributed by atoms with Crippen LogP contribution < -0.4 is 10.5 Å². The summed E-state index contributed by atoms with van der Waals surface area (Å²) in [6.07, 6.45) is -0.930. The van der Waals surface area contributed by atoms with Crippen molar-refractivity contribution in [1.29, 1.82) is 0 Å². The maximum Gasteiger partial charge on any atom is 0.352 e. The lowest BCUT2D eigenvalue weighted by Gasteiger charge is -2.19. The van der Waals surface area contributed by atoms with Crippen molar-refractivity contribution in [3.63, 3.8) is 0 Å². The summed E-state index contributed by atoms with van der Waals surface area (Å²) in [6, 6.07) is 11.6. The zero-order chi connectivity index (χ0) is 16.1. The summed E-state index contributed by atoms with van der Waals surface area (Å²) in [5.41, 5.74) is 6.83. The molecular formula is C16H15Cl2NO3. The molecule has 0 spiro atoms. The summed E-state index contributed by atoms with van der Waals surface area (Å²) in [4.78, 5) is 12.2. The van der Waals surface area contributed by atoms with Gasteiger partial charge in [0, 0.05) is 15.6 Å². The van der Waals surface area contributed by atoms with Crippen molar-refractivity contribution < 1.29 is 14.3 Å². The highest BCUT2D eigenvalue weighted by atomic mass is 35.5. The van der Waals surface area contributed by atoms with Gasteiger partial charge in [0.15, 0.2) is 0 Å². The van der Waals surface area contributed by atoms with Crippen molar-refractivity contribution in [2.24, 2.45) is 0 Å². The van der Waals surface area contributed by atoms with E-state index < -0.39 is 12.1 Å². The molecule has 0 saturated carbocycles. The minimum Gasteiger partial charge on any atom is -0.472 e. The summed E-state index contributed by atoms with van der Waals surface area (Å²) >= 11 is 11.7. The van der Waals surface area contributed by atoms with Gasteiger partial charge in [-0.2, -0.15) is 0 Å². The average Bonchev–Trinajstić information content (AvgIpc) is 2.48. The molecule has 0 saturated heterocycles. The van der Waals surface area contributed by atoms with Gasteiger partial charge in [-0.05, 0) is 37.3 Å². The molecule has 0 amide bonds. The molecule has 2 N–H and O–H groups in total. The molecular weight excluding hydrogens is 325 g/mol. The number of hydrogen-bond acceptors (Lipinski definition) is 4. The number of esters is 1. The van der Waals surface area contributed by atoms with Crippen LogP contribution >= 0.6 is 23.2 Å². The van der Waals surface area contributed by atoms with Gasteiger partial charge in [0.2, 0.25) is 6.10 Å². The topological polar surface area (TPSA) is 61.5 Å². The number of ether oxygens (including phenoxy) is 2.